The molecule has 0 bridgehead atoms. The Morgan fingerprint density at radius 3 is 2.67 bits per heavy atom. The third-order valence-electron chi connectivity index (χ3n) is 3.61. The molecule has 1 heterocycles. The lowest BCUT2D eigenvalue weighted by Gasteiger charge is -2.30. The van der Waals surface area contributed by atoms with Gasteiger partial charge in [0.2, 0.25) is 0 Å². The summed E-state index contributed by atoms with van der Waals surface area (Å²) in [5, 5.41) is 23.7. The summed E-state index contributed by atoms with van der Waals surface area (Å²) in [5.74, 6) is -2.40. The van der Waals surface area contributed by atoms with Crippen molar-refractivity contribution in [3.8, 4) is 0 Å². The second-order valence-corrected chi connectivity index (χ2v) is 5.76. The van der Waals surface area contributed by atoms with Gasteiger partial charge in [0.05, 0.1) is 22.5 Å². The van der Waals surface area contributed by atoms with Gasteiger partial charge in [-0.05, 0) is 26.3 Å². The molecule has 2 rings (SSSR count). The second-order valence-electron chi connectivity index (χ2n) is 5.76. The molecule has 2 unspecified atom stereocenters. The molecule has 1 aliphatic heterocycles. The first-order valence-electron chi connectivity index (χ1n) is 7.37. The minimum absolute atomic E-state index is 0.0799. The summed E-state index contributed by atoms with van der Waals surface area (Å²) in [4.78, 5) is 34.7. The summed E-state index contributed by atoms with van der Waals surface area (Å²) < 4.78 is 5.18. The zero-order valence-electron chi connectivity index (χ0n) is 13.5. The third kappa shape index (κ3) is 3.43. The van der Waals surface area contributed by atoms with Crippen molar-refractivity contribution in [3.63, 3.8) is 0 Å². The molecular weight excluding hydrogens is 316 g/mol. The lowest BCUT2D eigenvalue weighted by Crippen LogP contribution is -2.45. The third-order valence-corrected chi connectivity index (χ3v) is 3.61. The molecule has 128 valence electrons. The highest BCUT2D eigenvalue weighted by Crippen LogP contribution is 2.35. The number of nitro benzene ring substituents is 1. The number of allylic oxidation sites excluding steroid dienone is 1. The molecule has 2 atom stereocenters. The van der Waals surface area contributed by atoms with Gasteiger partial charge in [0, 0.05) is 17.8 Å². The molecule has 8 heteroatoms. The summed E-state index contributed by atoms with van der Waals surface area (Å²) >= 11 is 0. The van der Waals surface area contributed by atoms with Crippen LogP contribution in [-0.4, -0.2) is 34.1 Å². The fraction of sp³-hybridized carbons (Fsp3) is 0.375. The van der Waals surface area contributed by atoms with Crippen LogP contribution in [0.2, 0.25) is 0 Å². The number of aliphatic hydroxyl groups excluding tert-OH is 1. The van der Waals surface area contributed by atoms with Crippen LogP contribution in [0.5, 0.6) is 0 Å². The molecule has 1 aromatic carbocycles. The van der Waals surface area contributed by atoms with Crippen molar-refractivity contribution in [2.45, 2.75) is 38.9 Å². The minimum Gasteiger partial charge on any atom is -0.460 e. The lowest BCUT2D eigenvalue weighted by atomic mass is 9.82. The normalized spacial score (nSPS) is 20.8. The molecule has 0 saturated heterocycles. The zero-order chi connectivity index (χ0) is 18.0. The fourth-order valence-corrected chi connectivity index (χ4v) is 2.61. The number of hydrogen-bond donors (Lipinski definition) is 2. The first-order chi connectivity index (χ1) is 11.2. The van der Waals surface area contributed by atoms with E-state index in [1.165, 1.54) is 31.2 Å². The van der Waals surface area contributed by atoms with Crippen molar-refractivity contribution in [2.24, 2.45) is 0 Å². The molecule has 0 radical (unpaired) electrons. The lowest BCUT2D eigenvalue weighted by molar-refractivity contribution is -0.384. The highest BCUT2D eigenvalue weighted by Gasteiger charge is 2.40. The van der Waals surface area contributed by atoms with Gasteiger partial charge in [0.1, 0.15) is 6.10 Å². The van der Waals surface area contributed by atoms with Crippen LogP contribution in [0.1, 0.15) is 32.3 Å². The van der Waals surface area contributed by atoms with Gasteiger partial charge in [-0.15, -0.1) is 0 Å². The van der Waals surface area contributed by atoms with Crippen LogP contribution in [0.3, 0.4) is 0 Å². The Morgan fingerprint density at radius 2 is 2.08 bits per heavy atom. The van der Waals surface area contributed by atoms with E-state index in [9.17, 15) is 24.8 Å². The Labute approximate surface area is 138 Å². The van der Waals surface area contributed by atoms with Crippen molar-refractivity contribution < 1.29 is 24.4 Å². The molecule has 0 aliphatic carbocycles. The number of esters is 1. The second kappa shape index (κ2) is 6.79. The number of amides is 1. The van der Waals surface area contributed by atoms with Crippen LogP contribution < -0.4 is 5.32 Å². The van der Waals surface area contributed by atoms with E-state index in [0.29, 0.717) is 5.56 Å². The Kier molecular flexibility index (Phi) is 4.99. The highest BCUT2D eigenvalue weighted by molar-refractivity contribution is 5.97. The van der Waals surface area contributed by atoms with Gasteiger partial charge < -0.3 is 15.2 Å². The Bertz CT molecular complexity index is 725. The fourth-order valence-electron chi connectivity index (χ4n) is 2.61. The van der Waals surface area contributed by atoms with Gasteiger partial charge in [-0.25, -0.2) is 4.79 Å². The average molecular weight is 334 g/mol. The van der Waals surface area contributed by atoms with E-state index in [1.54, 1.807) is 13.8 Å². The number of carbonyl (C=O) groups excluding carboxylic acids is 2. The predicted octanol–water partition coefficient (Wildman–Crippen LogP) is 1.39. The molecular formula is C16H18N2O6. The van der Waals surface area contributed by atoms with Gasteiger partial charge in [0.25, 0.3) is 11.6 Å². The topological polar surface area (TPSA) is 119 Å². The Hall–Kier alpha value is -2.74. The monoisotopic (exact) mass is 334 g/mol. The zero-order valence-corrected chi connectivity index (χ0v) is 13.5. The maximum absolute atomic E-state index is 12.4. The number of benzene rings is 1. The molecule has 2 N–H and O–H groups in total. The summed E-state index contributed by atoms with van der Waals surface area (Å²) in [6, 6.07) is 5.49. The number of non-ortho nitro benzene ring substituents is 1. The van der Waals surface area contributed by atoms with Crippen LogP contribution in [0, 0.1) is 10.1 Å². The van der Waals surface area contributed by atoms with Gasteiger partial charge >= 0.3 is 5.97 Å². The van der Waals surface area contributed by atoms with Crippen molar-refractivity contribution in [1.29, 1.82) is 0 Å². The number of rotatable bonds is 4. The summed E-state index contributed by atoms with van der Waals surface area (Å²) in [5.41, 5.74) is 0.435. The van der Waals surface area contributed by atoms with E-state index in [0.717, 1.165) is 0 Å². The van der Waals surface area contributed by atoms with E-state index < -0.39 is 34.9 Å². The number of nitrogens with zero attached hydrogens (tertiary/aromatic N) is 1. The molecule has 8 nitrogen and oxygen atoms in total. The van der Waals surface area contributed by atoms with Crippen LogP contribution in [0.25, 0.3) is 0 Å². The van der Waals surface area contributed by atoms with Crippen LogP contribution in [0.4, 0.5) is 5.69 Å². The number of aliphatic hydroxyl groups is 1. The van der Waals surface area contributed by atoms with Gasteiger partial charge in [-0.3, -0.25) is 14.9 Å². The van der Waals surface area contributed by atoms with Crippen LogP contribution >= 0.6 is 0 Å². The molecule has 0 spiro atoms. The van der Waals surface area contributed by atoms with E-state index >= 15 is 0 Å². The van der Waals surface area contributed by atoms with Crippen molar-refractivity contribution >= 4 is 17.6 Å². The highest BCUT2D eigenvalue weighted by atomic mass is 16.6. The first kappa shape index (κ1) is 17.6. The smallest absolute Gasteiger partial charge is 0.336 e. The molecule has 0 saturated carbocycles. The molecule has 1 amide bonds. The Morgan fingerprint density at radius 1 is 1.42 bits per heavy atom. The quantitative estimate of drug-likeness (QED) is 0.488. The molecule has 0 aromatic heterocycles. The van der Waals surface area contributed by atoms with E-state index in [4.69, 9.17) is 4.74 Å². The predicted molar refractivity (Wildman–Crippen MR) is 83.9 cm³/mol. The van der Waals surface area contributed by atoms with Crippen molar-refractivity contribution in [2.75, 3.05) is 0 Å². The summed E-state index contributed by atoms with van der Waals surface area (Å²) in [6.07, 6.45) is -1.94. The maximum Gasteiger partial charge on any atom is 0.336 e. The largest absolute Gasteiger partial charge is 0.460 e. The minimum atomic E-state index is -1.55. The van der Waals surface area contributed by atoms with E-state index in [2.05, 4.69) is 5.32 Å². The van der Waals surface area contributed by atoms with E-state index in [1.807, 2.05) is 0 Å². The SMILES string of the molecule is CC1=C(C(=O)OC(C)C)C(c2cccc([N+](=O)[O-])c2)C(O)C(=O)N1. The Balaban J connectivity index is 2.55. The number of carbonyl (C=O) groups is 2. The summed E-state index contributed by atoms with van der Waals surface area (Å²) in [6.45, 7) is 4.87. The number of nitro groups is 1. The maximum atomic E-state index is 12.4. The number of hydrogen-bond acceptors (Lipinski definition) is 6. The van der Waals surface area contributed by atoms with Gasteiger partial charge in [-0.1, -0.05) is 12.1 Å². The van der Waals surface area contributed by atoms with Crippen molar-refractivity contribution in [3.05, 3.63) is 51.2 Å². The average Bonchev–Trinajstić information content (AvgIpc) is 2.49. The van der Waals surface area contributed by atoms with Crippen LogP contribution in [-0.2, 0) is 14.3 Å². The van der Waals surface area contributed by atoms with E-state index in [-0.39, 0.29) is 17.0 Å². The first-order valence-corrected chi connectivity index (χ1v) is 7.37. The molecule has 24 heavy (non-hydrogen) atoms. The molecule has 1 aliphatic rings. The summed E-state index contributed by atoms with van der Waals surface area (Å²) in [7, 11) is 0. The number of nitrogens with one attached hydrogen (secondary N) is 1. The standard InChI is InChI=1S/C16H18N2O6/c1-8(2)24-16(21)12-9(3)17-15(20)14(19)13(12)10-5-4-6-11(7-10)18(22)23/h4-8,13-14,19H,1-3H3,(H,17,20). The van der Waals surface area contributed by atoms with Gasteiger partial charge in [0.15, 0.2) is 0 Å². The van der Waals surface area contributed by atoms with Crippen LogP contribution in [0.15, 0.2) is 35.5 Å². The van der Waals surface area contributed by atoms with Gasteiger partial charge in [-0.2, -0.15) is 0 Å². The van der Waals surface area contributed by atoms with Crippen molar-refractivity contribution in [1.82, 2.24) is 5.32 Å². The molecule has 1 aromatic rings. The number of ether oxygens (including phenoxy) is 1. The molecule has 0 fully saturated rings.